The van der Waals surface area contributed by atoms with Crippen LogP contribution >= 0.6 is 12.4 Å². The summed E-state index contributed by atoms with van der Waals surface area (Å²) in [5.74, 6) is 0.899. The smallest absolute Gasteiger partial charge is 0.253 e. The summed E-state index contributed by atoms with van der Waals surface area (Å²) in [6.07, 6.45) is 5.58. The Balaban J connectivity index is 0.00000128. The summed E-state index contributed by atoms with van der Waals surface area (Å²) in [6, 6.07) is 3.56. The molecule has 2 heterocycles. The van der Waals surface area contributed by atoms with Gasteiger partial charge < -0.3 is 4.90 Å². The van der Waals surface area contributed by atoms with Crippen molar-refractivity contribution < 1.29 is 4.79 Å². The number of nitrogens with zero attached hydrogens (tertiary/aromatic N) is 2. The molecule has 0 saturated carbocycles. The van der Waals surface area contributed by atoms with E-state index in [1.807, 2.05) is 4.90 Å². The van der Waals surface area contributed by atoms with Gasteiger partial charge in [0.05, 0.1) is 0 Å². The Labute approximate surface area is 102 Å². The monoisotopic (exact) mass is 240 g/mol. The van der Waals surface area contributed by atoms with Gasteiger partial charge in [-0.2, -0.15) is 0 Å². The maximum Gasteiger partial charge on any atom is 0.253 e. The molecule has 1 aliphatic rings. The summed E-state index contributed by atoms with van der Waals surface area (Å²) in [5, 5.41) is 0. The molecule has 88 valence electrons. The number of piperidine rings is 1. The fraction of sp³-hybridized carbons (Fsp3) is 0.500. The highest BCUT2D eigenvalue weighted by Gasteiger charge is 2.20. The Morgan fingerprint density at radius 1 is 1.31 bits per heavy atom. The first-order chi connectivity index (χ1) is 7.27. The molecule has 1 aromatic heterocycles. The van der Waals surface area contributed by atoms with E-state index in [2.05, 4.69) is 11.9 Å². The molecule has 1 amide bonds. The van der Waals surface area contributed by atoms with Gasteiger partial charge >= 0.3 is 0 Å². The molecule has 0 bridgehead atoms. The third-order valence-corrected chi connectivity index (χ3v) is 3.00. The second-order valence-electron chi connectivity index (χ2n) is 4.21. The van der Waals surface area contributed by atoms with Crippen molar-refractivity contribution >= 4 is 18.3 Å². The molecule has 1 aliphatic heterocycles. The third kappa shape index (κ3) is 2.95. The van der Waals surface area contributed by atoms with Gasteiger partial charge in [-0.1, -0.05) is 6.92 Å². The van der Waals surface area contributed by atoms with E-state index >= 15 is 0 Å². The van der Waals surface area contributed by atoms with E-state index in [0.717, 1.165) is 37.4 Å². The van der Waals surface area contributed by atoms with Gasteiger partial charge in [0.2, 0.25) is 0 Å². The van der Waals surface area contributed by atoms with Crippen LogP contribution < -0.4 is 0 Å². The standard InChI is InChI=1S/C12H16N2O.ClH/c1-10-4-8-14(9-5-10)12(15)11-2-6-13-7-3-11;/h2-3,6-7,10H,4-5,8-9H2,1H3;1H. The van der Waals surface area contributed by atoms with Crippen LogP contribution in [0.1, 0.15) is 30.1 Å². The minimum absolute atomic E-state index is 0. The molecule has 3 nitrogen and oxygen atoms in total. The van der Waals surface area contributed by atoms with Crippen LogP contribution in [-0.2, 0) is 0 Å². The molecular formula is C12H17ClN2O. The van der Waals surface area contributed by atoms with Crippen molar-refractivity contribution in [2.75, 3.05) is 13.1 Å². The molecule has 2 rings (SSSR count). The second kappa shape index (κ2) is 5.85. The number of rotatable bonds is 1. The van der Waals surface area contributed by atoms with E-state index in [1.54, 1.807) is 24.5 Å². The minimum Gasteiger partial charge on any atom is -0.339 e. The molecule has 0 spiro atoms. The predicted octanol–water partition coefficient (Wildman–Crippen LogP) is 2.38. The predicted molar refractivity (Wildman–Crippen MR) is 65.8 cm³/mol. The SMILES string of the molecule is CC1CCN(C(=O)c2ccncc2)CC1.Cl. The molecule has 1 fully saturated rings. The molecule has 0 aromatic carbocycles. The van der Waals surface area contributed by atoms with Gasteiger partial charge in [-0.05, 0) is 30.9 Å². The van der Waals surface area contributed by atoms with Crippen LogP contribution in [0.5, 0.6) is 0 Å². The normalized spacial score (nSPS) is 16.7. The van der Waals surface area contributed by atoms with Gasteiger partial charge in [0.25, 0.3) is 5.91 Å². The van der Waals surface area contributed by atoms with Crippen molar-refractivity contribution in [2.45, 2.75) is 19.8 Å². The summed E-state index contributed by atoms with van der Waals surface area (Å²) in [7, 11) is 0. The number of aromatic nitrogens is 1. The van der Waals surface area contributed by atoms with E-state index in [4.69, 9.17) is 0 Å². The molecule has 0 unspecified atom stereocenters. The third-order valence-electron chi connectivity index (χ3n) is 3.00. The van der Waals surface area contributed by atoms with Crippen molar-refractivity contribution in [2.24, 2.45) is 5.92 Å². The number of carbonyl (C=O) groups excluding carboxylic acids is 1. The average Bonchev–Trinajstić information content (AvgIpc) is 2.30. The van der Waals surface area contributed by atoms with Gasteiger partial charge in [0.15, 0.2) is 0 Å². The average molecular weight is 241 g/mol. The van der Waals surface area contributed by atoms with E-state index in [1.165, 1.54) is 0 Å². The zero-order chi connectivity index (χ0) is 10.7. The van der Waals surface area contributed by atoms with E-state index in [-0.39, 0.29) is 18.3 Å². The Morgan fingerprint density at radius 3 is 2.44 bits per heavy atom. The molecule has 0 atom stereocenters. The maximum atomic E-state index is 12.0. The van der Waals surface area contributed by atoms with E-state index in [9.17, 15) is 4.79 Å². The van der Waals surface area contributed by atoms with Crippen LogP contribution in [0, 0.1) is 5.92 Å². The van der Waals surface area contributed by atoms with Crippen LogP contribution in [0.4, 0.5) is 0 Å². The first-order valence-corrected chi connectivity index (χ1v) is 5.46. The van der Waals surface area contributed by atoms with Gasteiger partial charge in [0, 0.05) is 31.0 Å². The van der Waals surface area contributed by atoms with Crippen LogP contribution in [0.15, 0.2) is 24.5 Å². The van der Waals surface area contributed by atoms with E-state index in [0.29, 0.717) is 0 Å². The van der Waals surface area contributed by atoms with Crippen LogP contribution in [0.25, 0.3) is 0 Å². The lowest BCUT2D eigenvalue weighted by Crippen LogP contribution is -2.37. The number of hydrogen-bond acceptors (Lipinski definition) is 2. The number of pyridine rings is 1. The van der Waals surface area contributed by atoms with Gasteiger partial charge in [-0.3, -0.25) is 9.78 Å². The summed E-state index contributed by atoms with van der Waals surface area (Å²) < 4.78 is 0. The van der Waals surface area contributed by atoms with Crippen molar-refractivity contribution in [3.8, 4) is 0 Å². The Hall–Kier alpha value is -1.09. The number of amides is 1. The molecule has 0 N–H and O–H groups in total. The highest BCUT2D eigenvalue weighted by Crippen LogP contribution is 2.17. The first kappa shape index (κ1) is 13.0. The second-order valence-corrected chi connectivity index (χ2v) is 4.21. The number of likely N-dealkylation sites (tertiary alicyclic amines) is 1. The van der Waals surface area contributed by atoms with Crippen LogP contribution in [-0.4, -0.2) is 28.9 Å². The quantitative estimate of drug-likeness (QED) is 0.755. The molecule has 1 aromatic rings. The molecule has 0 radical (unpaired) electrons. The van der Waals surface area contributed by atoms with Crippen molar-refractivity contribution in [3.63, 3.8) is 0 Å². The zero-order valence-electron chi connectivity index (χ0n) is 9.43. The summed E-state index contributed by atoms with van der Waals surface area (Å²) in [6.45, 7) is 4.03. The van der Waals surface area contributed by atoms with Crippen molar-refractivity contribution in [1.29, 1.82) is 0 Å². The first-order valence-electron chi connectivity index (χ1n) is 5.46. The number of halogens is 1. The maximum absolute atomic E-state index is 12.0. The summed E-state index contributed by atoms with van der Waals surface area (Å²) in [5.41, 5.74) is 0.750. The Morgan fingerprint density at radius 2 is 1.88 bits per heavy atom. The molecule has 16 heavy (non-hydrogen) atoms. The number of hydrogen-bond donors (Lipinski definition) is 0. The largest absolute Gasteiger partial charge is 0.339 e. The topological polar surface area (TPSA) is 33.2 Å². The van der Waals surface area contributed by atoms with Crippen molar-refractivity contribution in [1.82, 2.24) is 9.88 Å². The molecule has 1 saturated heterocycles. The number of carbonyl (C=O) groups is 1. The Bertz CT molecular complexity index is 334. The highest BCUT2D eigenvalue weighted by atomic mass is 35.5. The summed E-state index contributed by atoms with van der Waals surface area (Å²) in [4.78, 5) is 17.9. The summed E-state index contributed by atoms with van der Waals surface area (Å²) >= 11 is 0. The Kier molecular flexibility index (Phi) is 4.74. The van der Waals surface area contributed by atoms with Gasteiger partial charge in [-0.15, -0.1) is 12.4 Å². The van der Waals surface area contributed by atoms with E-state index < -0.39 is 0 Å². The zero-order valence-corrected chi connectivity index (χ0v) is 10.2. The van der Waals surface area contributed by atoms with Crippen molar-refractivity contribution in [3.05, 3.63) is 30.1 Å². The van der Waals surface area contributed by atoms with Gasteiger partial charge in [0.1, 0.15) is 0 Å². The lowest BCUT2D eigenvalue weighted by molar-refractivity contribution is 0.0697. The van der Waals surface area contributed by atoms with Gasteiger partial charge in [-0.25, -0.2) is 0 Å². The lowest BCUT2D eigenvalue weighted by Gasteiger charge is -2.30. The van der Waals surface area contributed by atoms with Crippen LogP contribution in [0.3, 0.4) is 0 Å². The molecule has 0 aliphatic carbocycles. The lowest BCUT2D eigenvalue weighted by atomic mass is 9.99. The highest BCUT2D eigenvalue weighted by molar-refractivity contribution is 5.94. The fourth-order valence-electron chi connectivity index (χ4n) is 1.89. The minimum atomic E-state index is 0. The fourth-order valence-corrected chi connectivity index (χ4v) is 1.89. The van der Waals surface area contributed by atoms with Crippen LogP contribution in [0.2, 0.25) is 0 Å². The molecular weight excluding hydrogens is 224 g/mol. The molecule has 4 heteroatoms.